The number of anilines is 1. The van der Waals surface area contributed by atoms with Gasteiger partial charge in [0.25, 0.3) is 0 Å². The van der Waals surface area contributed by atoms with E-state index in [1.54, 1.807) is 6.20 Å². The van der Waals surface area contributed by atoms with Gasteiger partial charge < -0.3 is 19.6 Å². The molecule has 4 aromatic rings. The number of carbonyl (C=O) groups is 1. The first-order valence-corrected chi connectivity index (χ1v) is 10.2. The van der Waals surface area contributed by atoms with E-state index >= 15 is 0 Å². The fourth-order valence-corrected chi connectivity index (χ4v) is 3.53. The van der Waals surface area contributed by atoms with Crippen LogP contribution in [0.2, 0.25) is 5.15 Å². The Bertz CT molecular complexity index is 1270. The summed E-state index contributed by atoms with van der Waals surface area (Å²) in [6.45, 7) is 6.19. The summed E-state index contributed by atoms with van der Waals surface area (Å²) < 4.78 is 6.82. The summed E-state index contributed by atoms with van der Waals surface area (Å²) in [5, 5.41) is 4.61. The maximum atomic E-state index is 12.0. The molecule has 0 aliphatic heterocycles. The average molecular weight is 442 g/mol. The lowest BCUT2D eigenvalue weighted by Crippen LogP contribution is -2.36. The van der Waals surface area contributed by atoms with E-state index in [1.807, 2.05) is 23.9 Å². The lowest BCUT2D eigenvalue weighted by Gasteiger charge is -2.31. The summed E-state index contributed by atoms with van der Waals surface area (Å²) in [7, 11) is 3.31. The largest absolute Gasteiger partial charge is 0.469 e. The fourth-order valence-electron chi connectivity index (χ4n) is 3.40. The number of carbonyl (C=O) groups excluding carboxylic acids is 1. The van der Waals surface area contributed by atoms with Crippen molar-refractivity contribution in [1.29, 1.82) is 0 Å². The second-order valence-electron chi connectivity index (χ2n) is 8.50. The normalized spacial score (nSPS) is 13.0. The summed E-state index contributed by atoms with van der Waals surface area (Å²) in [4.78, 5) is 33.3. The molecule has 0 spiro atoms. The van der Waals surface area contributed by atoms with Crippen molar-refractivity contribution < 1.29 is 9.53 Å². The Morgan fingerprint density at radius 2 is 2.10 bits per heavy atom. The van der Waals surface area contributed by atoms with Gasteiger partial charge in [0.2, 0.25) is 0 Å². The molecular formula is C21H24ClN7O2. The number of hydrogen-bond donors (Lipinski definition) is 2. The van der Waals surface area contributed by atoms with Gasteiger partial charge in [-0.15, -0.1) is 0 Å². The van der Waals surface area contributed by atoms with Crippen LogP contribution in [-0.2, 0) is 16.6 Å². The number of aromatic amines is 1. The molecule has 4 rings (SSSR count). The Morgan fingerprint density at radius 1 is 1.32 bits per heavy atom. The molecule has 0 radical (unpaired) electrons. The van der Waals surface area contributed by atoms with E-state index in [4.69, 9.17) is 26.3 Å². The Hall–Kier alpha value is -3.20. The number of halogens is 1. The van der Waals surface area contributed by atoms with Gasteiger partial charge in [-0.25, -0.2) is 19.9 Å². The SMILES string of the molecule is COC(=O)C[C@@H](Nc1nc(-c2c[nH]c3ncc(Cl)nc23)nc2c1ccn2C)C(C)(C)C. The van der Waals surface area contributed by atoms with E-state index < -0.39 is 0 Å². The summed E-state index contributed by atoms with van der Waals surface area (Å²) in [5.41, 5.74) is 2.41. The first-order chi connectivity index (χ1) is 14.7. The van der Waals surface area contributed by atoms with E-state index in [9.17, 15) is 4.79 Å². The smallest absolute Gasteiger partial charge is 0.307 e. The van der Waals surface area contributed by atoms with Crippen LogP contribution in [0.3, 0.4) is 0 Å². The maximum absolute atomic E-state index is 12.0. The molecule has 0 aromatic carbocycles. The highest BCUT2D eigenvalue weighted by Crippen LogP contribution is 2.32. The molecule has 0 saturated heterocycles. The molecule has 4 aromatic heterocycles. The van der Waals surface area contributed by atoms with Crippen molar-refractivity contribution in [2.75, 3.05) is 12.4 Å². The van der Waals surface area contributed by atoms with Crippen molar-refractivity contribution in [2.24, 2.45) is 12.5 Å². The van der Waals surface area contributed by atoms with Crippen LogP contribution in [0, 0.1) is 5.41 Å². The summed E-state index contributed by atoms with van der Waals surface area (Å²) >= 11 is 6.06. The van der Waals surface area contributed by atoms with Crippen LogP contribution in [-0.4, -0.2) is 48.6 Å². The number of aryl methyl sites for hydroxylation is 1. The third-order valence-electron chi connectivity index (χ3n) is 5.27. The number of H-pyrrole nitrogens is 1. The average Bonchev–Trinajstić information content (AvgIpc) is 3.30. The zero-order valence-corrected chi connectivity index (χ0v) is 18.8. The number of fused-ring (bicyclic) bond motifs is 2. The molecule has 9 nitrogen and oxygen atoms in total. The minimum atomic E-state index is -0.285. The van der Waals surface area contributed by atoms with Gasteiger partial charge in [-0.1, -0.05) is 32.4 Å². The summed E-state index contributed by atoms with van der Waals surface area (Å²) in [6.07, 6.45) is 5.39. The molecular weight excluding hydrogens is 418 g/mol. The highest BCUT2D eigenvalue weighted by molar-refractivity contribution is 6.29. The van der Waals surface area contributed by atoms with Crippen LogP contribution in [0.4, 0.5) is 5.82 Å². The van der Waals surface area contributed by atoms with Crippen molar-refractivity contribution in [3.63, 3.8) is 0 Å². The zero-order valence-electron chi connectivity index (χ0n) is 18.0. The van der Waals surface area contributed by atoms with Crippen molar-refractivity contribution in [1.82, 2.24) is 29.5 Å². The molecule has 0 saturated carbocycles. The Kier molecular flexibility index (Phi) is 5.30. The van der Waals surface area contributed by atoms with Gasteiger partial charge in [-0.3, -0.25) is 4.79 Å². The van der Waals surface area contributed by atoms with Crippen LogP contribution in [0.1, 0.15) is 27.2 Å². The van der Waals surface area contributed by atoms with Crippen LogP contribution < -0.4 is 5.32 Å². The monoisotopic (exact) mass is 441 g/mol. The number of aromatic nitrogens is 6. The number of esters is 1. The minimum Gasteiger partial charge on any atom is -0.469 e. The third-order valence-corrected chi connectivity index (χ3v) is 5.45. The van der Waals surface area contributed by atoms with E-state index in [0.29, 0.717) is 28.4 Å². The molecule has 162 valence electrons. The zero-order chi connectivity index (χ0) is 22.3. The Morgan fingerprint density at radius 3 is 2.81 bits per heavy atom. The van der Waals surface area contributed by atoms with Gasteiger partial charge in [-0.2, -0.15) is 0 Å². The van der Waals surface area contributed by atoms with E-state index in [-0.39, 0.29) is 29.0 Å². The van der Waals surface area contributed by atoms with Crippen molar-refractivity contribution >= 4 is 45.6 Å². The molecule has 0 aliphatic rings. The van der Waals surface area contributed by atoms with Crippen molar-refractivity contribution in [3.05, 3.63) is 29.8 Å². The van der Waals surface area contributed by atoms with Gasteiger partial charge in [0.1, 0.15) is 22.1 Å². The third kappa shape index (κ3) is 4.05. The van der Waals surface area contributed by atoms with E-state index in [0.717, 1.165) is 11.0 Å². The van der Waals surface area contributed by atoms with E-state index in [1.165, 1.54) is 13.3 Å². The highest BCUT2D eigenvalue weighted by atomic mass is 35.5. The number of ether oxygens (including phenoxy) is 1. The van der Waals surface area contributed by atoms with Gasteiger partial charge in [0, 0.05) is 25.5 Å². The summed E-state index contributed by atoms with van der Waals surface area (Å²) in [5.74, 6) is 0.826. The van der Waals surface area contributed by atoms with Gasteiger partial charge in [-0.05, 0) is 11.5 Å². The van der Waals surface area contributed by atoms with Crippen molar-refractivity contribution in [2.45, 2.75) is 33.2 Å². The highest BCUT2D eigenvalue weighted by Gasteiger charge is 2.29. The maximum Gasteiger partial charge on any atom is 0.307 e. The first kappa shape index (κ1) is 21.0. The molecule has 1 atom stereocenters. The van der Waals surface area contributed by atoms with Crippen LogP contribution in [0.15, 0.2) is 24.7 Å². The second kappa shape index (κ2) is 7.81. The topological polar surface area (TPSA) is 111 Å². The molecule has 4 heterocycles. The Balaban J connectivity index is 1.85. The predicted octanol–water partition coefficient (Wildman–Crippen LogP) is 3.95. The van der Waals surface area contributed by atoms with Crippen LogP contribution in [0.5, 0.6) is 0 Å². The lowest BCUT2D eigenvalue weighted by atomic mass is 9.84. The molecule has 0 fully saturated rings. The fraction of sp³-hybridized carbons (Fsp3) is 0.381. The number of methoxy groups -OCH3 is 1. The summed E-state index contributed by atoms with van der Waals surface area (Å²) in [6, 6.07) is 1.74. The molecule has 0 aliphatic carbocycles. The molecule has 31 heavy (non-hydrogen) atoms. The standard InChI is InChI=1S/C21H24ClN7O2/c1-21(2,3)13(8-15(30)31-5)25-17-11-6-7-29(4)20(11)28-18(27-17)12-9-23-19-16(12)26-14(22)10-24-19/h6-7,9-10,13H,8H2,1-5H3,(H,23,24)(H,25,27,28)/t13-/m1/s1. The second-order valence-corrected chi connectivity index (χ2v) is 8.88. The minimum absolute atomic E-state index is 0.205. The molecule has 2 N–H and O–H groups in total. The number of hydrogen-bond acceptors (Lipinski definition) is 7. The first-order valence-electron chi connectivity index (χ1n) is 9.84. The van der Waals surface area contributed by atoms with Crippen molar-refractivity contribution in [3.8, 4) is 11.4 Å². The quantitative estimate of drug-likeness (QED) is 0.451. The Labute approximate surface area is 184 Å². The van der Waals surface area contributed by atoms with Crippen LogP contribution >= 0.6 is 11.6 Å². The lowest BCUT2D eigenvalue weighted by molar-refractivity contribution is -0.141. The van der Waals surface area contributed by atoms with Gasteiger partial charge >= 0.3 is 5.97 Å². The predicted molar refractivity (Wildman–Crippen MR) is 120 cm³/mol. The molecule has 10 heteroatoms. The molecule has 0 unspecified atom stereocenters. The van der Waals surface area contributed by atoms with Crippen LogP contribution in [0.25, 0.3) is 33.6 Å². The number of nitrogens with zero attached hydrogens (tertiary/aromatic N) is 5. The number of nitrogens with one attached hydrogen (secondary N) is 2. The number of rotatable bonds is 5. The van der Waals surface area contributed by atoms with E-state index in [2.05, 4.69) is 41.0 Å². The molecule has 0 bridgehead atoms. The van der Waals surface area contributed by atoms with Gasteiger partial charge in [0.15, 0.2) is 11.5 Å². The molecule has 0 amide bonds. The van der Waals surface area contributed by atoms with Gasteiger partial charge in [0.05, 0.1) is 30.7 Å².